The molecule has 2 aromatic carbocycles. The van der Waals surface area contributed by atoms with Crippen molar-refractivity contribution >= 4 is 11.9 Å². The minimum atomic E-state index is -0.917. The molecule has 0 amide bonds. The highest BCUT2D eigenvalue weighted by atomic mass is 19.1. The van der Waals surface area contributed by atoms with E-state index in [-0.39, 0.29) is 17.8 Å². The van der Waals surface area contributed by atoms with Crippen LogP contribution in [0.15, 0.2) is 63.1 Å². The number of rotatable bonds is 5. The summed E-state index contributed by atoms with van der Waals surface area (Å²) in [6.07, 6.45) is 1.38. The van der Waals surface area contributed by atoms with Crippen LogP contribution in [0.4, 0.5) is 14.5 Å². The topological polar surface area (TPSA) is 87.5 Å². The Morgan fingerprint density at radius 1 is 1.11 bits per heavy atom. The van der Waals surface area contributed by atoms with Gasteiger partial charge in [0.05, 0.1) is 5.69 Å². The van der Waals surface area contributed by atoms with Gasteiger partial charge in [0, 0.05) is 18.8 Å². The third-order valence-corrected chi connectivity index (χ3v) is 3.92. The Labute approximate surface area is 152 Å². The van der Waals surface area contributed by atoms with E-state index in [9.17, 15) is 23.5 Å². The molecule has 0 saturated carbocycles. The van der Waals surface area contributed by atoms with Crippen LogP contribution in [-0.2, 0) is 13.0 Å². The fourth-order valence-electron chi connectivity index (χ4n) is 2.50. The molecule has 0 saturated heterocycles. The van der Waals surface area contributed by atoms with Crippen molar-refractivity contribution in [2.75, 3.05) is 0 Å². The van der Waals surface area contributed by atoms with Crippen molar-refractivity contribution in [3.63, 3.8) is 0 Å². The first-order valence-electron chi connectivity index (χ1n) is 8.05. The summed E-state index contributed by atoms with van der Waals surface area (Å²) < 4.78 is 27.6. The number of aromatic hydroxyl groups is 1. The molecule has 138 valence electrons. The van der Waals surface area contributed by atoms with Gasteiger partial charge in [0.25, 0.3) is 5.56 Å². The zero-order valence-electron chi connectivity index (χ0n) is 14.0. The standard InChI is InChI=1S/C19H15F2N3O3/c20-13-6-7-16(15(21)10-13)22-11-14-17(25)23-19(27)24(18(14)26)9-8-12-4-2-1-3-5-12/h1-7,10-11,26H,8-9H2,(H,23,25,27). The van der Waals surface area contributed by atoms with Crippen molar-refractivity contribution < 1.29 is 13.9 Å². The predicted molar refractivity (Wildman–Crippen MR) is 96.7 cm³/mol. The van der Waals surface area contributed by atoms with E-state index in [0.29, 0.717) is 12.5 Å². The summed E-state index contributed by atoms with van der Waals surface area (Å²) in [6, 6.07) is 12.0. The minimum absolute atomic E-state index is 0.122. The smallest absolute Gasteiger partial charge is 0.331 e. The normalized spacial score (nSPS) is 11.2. The van der Waals surface area contributed by atoms with Crippen molar-refractivity contribution in [2.45, 2.75) is 13.0 Å². The Morgan fingerprint density at radius 2 is 1.85 bits per heavy atom. The van der Waals surface area contributed by atoms with Crippen LogP contribution < -0.4 is 11.2 Å². The zero-order valence-corrected chi connectivity index (χ0v) is 14.0. The molecule has 8 heteroatoms. The molecule has 2 N–H and O–H groups in total. The maximum Gasteiger partial charge on any atom is 0.331 e. The maximum atomic E-state index is 13.6. The first-order valence-corrected chi connectivity index (χ1v) is 8.05. The zero-order chi connectivity index (χ0) is 19.4. The third-order valence-electron chi connectivity index (χ3n) is 3.92. The molecule has 6 nitrogen and oxygen atoms in total. The lowest BCUT2D eigenvalue weighted by Crippen LogP contribution is -2.32. The number of benzene rings is 2. The molecule has 3 rings (SSSR count). The number of aromatic amines is 1. The van der Waals surface area contributed by atoms with E-state index in [1.807, 2.05) is 30.3 Å². The first kappa shape index (κ1) is 18.2. The average molecular weight is 371 g/mol. The molecule has 0 atom stereocenters. The molecule has 0 spiro atoms. The molecular formula is C19H15F2N3O3. The predicted octanol–water partition coefficient (Wildman–Crippen LogP) is 2.51. The Balaban J connectivity index is 1.92. The van der Waals surface area contributed by atoms with Crippen LogP contribution in [0.25, 0.3) is 0 Å². The molecular weight excluding hydrogens is 356 g/mol. The molecule has 0 aliphatic carbocycles. The van der Waals surface area contributed by atoms with Gasteiger partial charge in [0.2, 0.25) is 5.88 Å². The summed E-state index contributed by atoms with van der Waals surface area (Å²) in [4.78, 5) is 29.8. The van der Waals surface area contributed by atoms with Crippen LogP contribution in [0, 0.1) is 11.6 Å². The summed E-state index contributed by atoms with van der Waals surface area (Å²) in [7, 11) is 0. The van der Waals surface area contributed by atoms with E-state index >= 15 is 0 Å². The van der Waals surface area contributed by atoms with Crippen LogP contribution in [0.1, 0.15) is 11.1 Å². The minimum Gasteiger partial charge on any atom is -0.494 e. The van der Waals surface area contributed by atoms with Gasteiger partial charge in [0.15, 0.2) is 5.82 Å². The summed E-state index contributed by atoms with van der Waals surface area (Å²) in [5.41, 5.74) is -1.19. The van der Waals surface area contributed by atoms with Gasteiger partial charge in [-0.25, -0.2) is 13.6 Å². The van der Waals surface area contributed by atoms with Crippen molar-refractivity contribution in [1.82, 2.24) is 9.55 Å². The lowest BCUT2D eigenvalue weighted by molar-refractivity contribution is 0.399. The fraction of sp³-hybridized carbons (Fsp3) is 0.105. The van der Waals surface area contributed by atoms with E-state index in [4.69, 9.17) is 0 Å². The first-order chi connectivity index (χ1) is 13.0. The highest BCUT2D eigenvalue weighted by molar-refractivity contribution is 5.84. The van der Waals surface area contributed by atoms with Gasteiger partial charge in [-0.05, 0) is 24.1 Å². The number of aliphatic imine (C=N–C) groups is 1. The van der Waals surface area contributed by atoms with Gasteiger partial charge in [-0.15, -0.1) is 0 Å². The van der Waals surface area contributed by atoms with Crippen molar-refractivity contribution in [3.05, 3.63) is 92.1 Å². The summed E-state index contributed by atoms with van der Waals surface area (Å²) in [5, 5.41) is 10.3. The maximum absolute atomic E-state index is 13.6. The van der Waals surface area contributed by atoms with Crippen molar-refractivity contribution in [1.29, 1.82) is 0 Å². The Kier molecular flexibility index (Phi) is 5.25. The highest BCUT2D eigenvalue weighted by Gasteiger charge is 2.13. The van der Waals surface area contributed by atoms with Gasteiger partial charge in [-0.2, -0.15) is 0 Å². The van der Waals surface area contributed by atoms with E-state index in [2.05, 4.69) is 9.98 Å². The number of nitrogens with zero attached hydrogens (tertiary/aromatic N) is 2. The molecule has 1 heterocycles. The fourth-order valence-corrected chi connectivity index (χ4v) is 2.50. The Morgan fingerprint density at radius 3 is 2.56 bits per heavy atom. The van der Waals surface area contributed by atoms with Crippen LogP contribution in [0.2, 0.25) is 0 Å². The van der Waals surface area contributed by atoms with Crippen LogP contribution in [-0.4, -0.2) is 20.9 Å². The molecule has 1 aromatic heterocycles. The van der Waals surface area contributed by atoms with E-state index in [1.54, 1.807) is 0 Å². The van der Waals surface area contributed by atoms with Crippen molar-refractivity contribution in [2.24, 2.45) is 4.99 Å². The summed E-state index contributed by atoms with van der Waals surface area (Å²) in [6.45, 7) is 0.122. The number of nitrogens with one attached hydrogen (secondary N) is 1. The van der Waals surface area contributed by atoms with Gasteiger partial charge < -0.3 is 5.11 Å². The van der Waals surface area contributed by atoms with Gasteiger partial charge in [-0.3, -0.25) is 19.3 Å². The highest BCUT2D eigenvalue weighted by Crippen LogP contribution is 2.19. The monoisotopic (exact) mass is 371 g/mol. The van der Waals surface area contributed by atoms with Crippen LogP contribution in [0.5, 0.6) is 5.88 Å². The van der Waals surface area contributed by atoms with E-state index in [1.165, 1.54) is 0 Å². The number of halogens is 2. The molecule has 0 unspecified atom stereocenters. The number of aromatic nitrogens is 2. The largest absolute Gasteiger partial charge is 0.494 e. The number of aryl methyl sites for hydroxylation is 1. The van der Waals surface area contributed by atoms with Gasteiger partial charge >= 0.3 is 5.69 Å². The molecule has 0 fully saturated rings. The molecule has 0 aliphatic rings. The summed E-state index contributed by atoms with van der Waals surface area (Å²) in [5.74, 6) is -2.26. The Bertz CT molecular complexity index is 1110. The SMILES string of the molecule is O=c1[nH]c(=O)n(CCc2ccccc2)c(O)c1C=Nc1ccc(F)cc1F. The van der Waals surface area contributed by atoms with Crippen LogP contribution >= 0.6 is 0 Å². The molecule has 27 heavy (non-hydrogen) atoms. The van der Waals surface area contributed by atoms with E-state index < -0.39 is 28.8 Å². The second-order valence-electron chi connectivity index (χ2n) is 5.74. The van der Waals surface area contributed by atoms with Gasteiger partial charge in [0.1, 0.15) is 11.4 Å². The quantitative estimate of drug-likeness (QED) is 0.676. The number of hydrogen-bond acceptors (Lipinski definition) is 4. The summed E-state index contributed by atoms with van der Waals surface area (Å²) >= 11 is 0. The lowest BCUT2D eigenvalue weighted by Gasteiger charge is -2.09. The molecule has 0 bridgehead atoms. The number of H-pyrrole nitrogens is 1. The Hall–Kier alpha value is -3.55. The number of hydrogen-bond donors (Lipinski definition) is 2. The second kappa shape index (κ2) is 7.77. The molecule has 3 aromatic rings. The van der Waals surface area contributed by atoms with Crippen molar-refractivity contribution in [3.8, 4) is 5.88 Å². The van der Waals surface area contributed by atoms with Gasteiger partial charge in [-0.1, -0.05) is 30.3 Å². The van der Waals surface area contributed by atoms with Crippen LogP contribution in [0.3, 0.4) is 0 Å². The third kappa shape index (κ3) is 4.17. The molecule has 0 radical (unpaired) electrons. The second-order valence-corrected chi connectivity index (χ2v) is 5.74. The van der Waals surface area contributed by atoms with E-state index in [0.717, 1.165) is 28.5 Å². The lowest BCUT2D eigenvalue weighted by atomic mass is 10.1. The average Bonchev–Trinajstić information content (AvgIpc) is 2.63. The molecule has 0 aliphatic heterocycles.